The molecule has 2 heterocycles. The van der Waals surface area contributed by atoms with Gasteiger partial charge in [0.15, 0.2) is 0 Å². The summed E-state index contributed by atoms with van der Waals surface area (Å²) in [5, 5.41) is 0. The third kappa shape index (κ3) is 3.32. The first-order valence-electron chi connectivity index (χ1n) is 9.18. The second-order valence-electron chi connectivity index (χ2n) is 7.53. The van der Waals surface area contributed by atoms with Gasteiger partial charge in [0.2, 0.25) is 0 Å². The molecule has 5 heteroatoms. The van der Waals surface area contributed by atoms with E-state index in [-0.39, 0.29) is 5.60 Å². The highest BCUT2D eigenvalue weighted by molar-refractivity contribution is 5.06. The quantitative estimate of drug-likeness (QED) is 0.838. The van der Waals surface area contributed by atoms with Crippen LogP contribution in [0.15, 0.2) is 12.4 Å². The smallest absolute Gasteiger partial charge is 0.107 e. The van der Waals surface area contributed by atoms with Gasteiger partial charge in [-0.05, 0) is 44.4 Å². The molecular formula is C18H29N3O2. The molecule has 1 aromatic rings. The number of methoxy groups -OCH3 is 1. The van der Waals surface area contributed by atoms with Crippen LogP contribution in [-0.4, -0.2) is 59.4 Å². The summed E-state index contributed by atoms with van der Waals surface area (Å²) in [5.41, 5.74) is 0.0581. The SMILES string of the molecule is CO[C@@]12CC[C@@H](OCC3CC3)C[C@@H]1N(CCc1ncc[nH]1)CC2. The molecule has 0 bridgehead atoms. The molecule has 0 radical (unpaired) electrons. The Bertz CT molecular complexity index is 502. The first-order valence-corrected chi connectivity index (χ1v) is 9.18. The second-order valence-corrected chi connectivity index (χ2v) is 7.53. The van der Waals surface area contributed by atoms with Crippen LogP contribution in [-0.2, 0) is 15.9 Å². The molecule has 3 atom stereocenters. The van der Waals surface area contributed by atoms with Gasteiger partial charge in [0.1, 0.15) is 5.82 Å². The standard InChI is InChI=1S/C18H29N3O2/c1-22-18-6-4-15(23-13-14-2-3-14)12-16(18)21(11-7-18)10-5-17-19-8-9-20-17/h8-9,14-16H,2-7,10-13H2,1H3,(H,19,20)/t15-,16+,18-/m1/s1. The minimum Gasteiger partial charge on any atom is -0.378 e. The van der Waals surface area contributed by atoms with E-state index < -0.39 is 0 Å². The van der Waals surface area contributed by atoms with E-state index in [9.17, 15) is 0 Å². The Balaban J connectivity index is 1.37. The van der Waals surface area contributed by atoms with Gasteiger partial charge in [-0.1, -0.05) is 0 Å². The molecule has 128 valence electrons. The summed E-state index contributed by atoms with van der Waals surface area (Å²) in [6, 6.07) is 0.500. The van der Waals surface area contributed by atoms with E-state index >= 15 is 0 Å². The molecule has 5 nitrogen and oxygen atoms in total. The first kappa shape index (κ1) is 15.6. The summed E-state index contributed by atoms with van der Waals surface area (Å²) >= 11 is 0. The monoisotopic (exact) mass is 319 g/mol. The molecule has 1 saturated heterocycles. The third-order valence-electron chi connectivity index (χ3n) is 6.11. The molecule has 1 aliphatic heterocycles. The number of aromatic amines is 1. The number of fused-ring (bicyclic) bond motifs is 1. The molecule has 3 aliphatic rings. The number of rotatable bonds is 7. The van der Waals surface area contributed by atoms with Gasteiger partial charge in [-0.25, -0.2) is 4.98 Å². The Labute approximate surface area is 138 Å². The zero-order chi connectivity index (χ0) is 15.7. The van der Waals surface area contributed by atoms with Crippen molar-refractivity contribution in [2.45, 2.75) is 62.7 Å². The Morgan fingerprint density at radius 1 is 1.35 bits per heavy atom. The highest BCUT2D eigenvalue weighted by Crippen LogP contribution is 2.43. The number of likely N-dealkylation sites (tertiary alicyclic amines) is 1. The van der Waals surface area contributed by atoms with Gasteiger partial charge >= 0.3 is 0 Å². The van der Waals surface area contributed by atoms with Crippen LogP contribution in [0.2, 0.25) is 0 Å². The Kier molecular flexibility index (Phi) is 4.43. The molecule has 0 amide bonds. The van der Waals surface area contributed by atoms with Gasteiger partial charge < -0.3 is 14.5 Å². The van der Waals surface area contributed by atoms with E-state index in [0.717, 1.165) is 63.5 Å². The molecule has 1 N–H and O–H groups in total. The number of hydrogen-bond donors (Lipinski definition) is 1. The van der Waals surface area contributed by atoms with E-state index in [2.05, 4.69) is 14.9 Å². The minimum absolute atomic E-state index is 0.0581. The lowest BCUT2D eigenvalue weighted by atomic mass is 9.79. The normalized spacial score (nSPS) is 34.7. The van der Waals surface area contributed by atoms with Crippen molar-refractivity contribution in [2.24, 2.45) is 5.92 Å². The van der Waals surface area contributed by atoms with E-state index in [4.69, 9.17) is 9.47 Å². The molecule has 1 aromatic heterocycles. The van der Waals surface area contributed by atoms with E-state index in [0.29, 0.717) is 12.1 Å². The number of H-pyrrole nitrogens is 1. The summed E-state index contributed by atoms with van der Waals surface area (Å²) in [6.07, 6.45) is 12.5. The fourth-order valence-electron chi connectivity index (χ4n) is 4.42. The topological polar surface area (TPSA) is 50.4 Å². The van der Waals surface area contributed by atoms with E-state index in [1.54, 1.807) is 0 Å². The van der Waals surface area contributed by atoms with Crippen LogP contribution < -0.4 is 0 Å². The molecule has 23 heavy (non-hydrogen) atoms. The molecule has 0 spiro atoms. The van der Waals surface area contributed by atoms with Crippen molar-refractivity contribution in [1.29, 1.82) is 0 Å². The second kappa shape index (κ2) is 6.54. The average Bonchev–Trinajstić information content (AvgIpc) is 3.13. The van der Waals surface area contributed by atoms with Gasteiger partial charge in [0.25, 0.3) is 0 Å². The van der Waals surface area contributed by atoms with Crippen molar-refractivity contribution < 1.29 is 9.47 Å². The maximum absolute atomic E-state index is 6.20. The molecule has 2 saturated carbocycles. The lowest BCUT2D eigenvalue weighted by Crippen LogP contribution is -2.52. The summed E-state index contributed by atoms with van der Waals surface area (Å²) < 4.78 is 12.2. The van der Waals surface area contributed by atoms with Gasteiger partial charge in [0.05, 0.1) is 11.7 Å². The number of nitrogens with one attached hydrogen (secondary N) is 1. The fraction of sp³-hybridized carbons (Fsp3) is 0.833. The number of nitrogens with zero attached hydrogens (tertiary/aromatic N) is 2. The highest BCUT2D eigenvalue weighted by Gasteiger charge is 2.51. The predicted octanol–water partition coefficient (Wildman–Crippen LogP) is 2.39. The van der Waals surface area contributed by atoms with Crippen molar-refractivity contribution in [3.05, 3.63) is 18.2 Å². The predicted molar refractivity (Wildman–Crippen MR) is 88.3 cm³/mol. The van der Waals surface area contributed by atoms with Crippen LogP contribution in [0.4, 0.5) is 0 Å². The van der Waals surface area contributed by atoms with E-state index in [1.165, 1.54) is 12.8 Å². The Morgan fingerprint density at radius 2 is 2.26 bits per heavy atom. The van der Waals surface area contributed by atoms with Gasteiger partial charge in [0, 0.05) is 51.7 Å². The van der Waals surface area contributed by atoms with Crippen LogP contribution in [0.25, 0.3) is 0 Å². The largest absolute Gasteiger partial charge is 0.378 e. The zero-order valence-corrected chi connectivity index (χ0v) is 14.2. The number of aromatic nitrogens is 2. The molecular weight excluding hydrogens is 290 g/mol. The van der Waals surface area contributed by atoms with Crippen LogP contribution in [0.5, 0.6) is 0 Å². The van der Waals surface area contributed by atoms with Crippen LogP contribution >= 0.6 is 0 Å². The number of imidazole rings is 1. The lowest BCUT2D eigenvalue weighted by molar-refractivity contribution is -0.102. The summed E-state index contributed by atoms with van der Waals surface area (Å²) in [4.78, 5) is 10.2. The lowest BCUT2D eigenvalue weighted by Gasteiger charge is -2.43. The van der Waals surface area contributed by atoms with Crippen LogP contribution in [0.1, 0.15) is 44.3 Å². The summed E-state index contributed by atoms with van der Waals surface area (Å²) in [7, 11) is 1.90. The van der Waals surface area contributed by atoms with Crippen molar-refractivity contribution in [3.63, 3.8) is 0 Å². The van der Waals surface area contributed by atoms with Crippen LogP contribution in [0.3, 0.4) is 0 Å². The van der Waals surface area contributed by atoms with Crippen LogP contribution in [0, 0.1) is 5.92 Å². The molecule has 4 rings (SSSR count). The molecule has 0 aromatic carbocycles. The van der Waals surface area contributed by atoms with E-state index in [1.807, 2.05) is 19.5 Å². The zero-order valence-electron chi connectivity index (χ0n) is 14.2. The first-order chi connectivity index (χ1) is 11.3. The Morgan fingerprint density at radius 3 is 3.00 bits per heavy atom. The summed E-state index contributed by atoms with van der Waals surface area (Å²) in [5.74, 6) is 1.93. The van der Waals surface area contributed by atoms with Gasteiger partial charge in [-0.3, -0.25) is 4.90 Å². The van der Waals surface area contributed by atoms with Crippen molar-refractivity contribution in [1.82, 2.24) is 14.9 Å². The van der Waals surface area contributed by atoms with Crippen molar-refractivity contribution >= 4 is 0 Å². The molecule has 2 aliphatic carbocycles. The number of hydrogen-bond acceptors (Lipinski definition) is 4. The average molecular weight is 319 g/mol. The van der Waals surface area contributed by atoms with Crippen molar-refractivity contribution in [3.8, 4) is 0 Å². The minimum atomic E-state index is 0.0581. The summed E-state index contributed by atoms with van der Waals surface area (Å²) in [6.45, 7) is 3.16. The van der Waals surface area contributed by atoms with Gasteiger partial charge in [-0.2, -0.15) is 0 Å². The van der Waals surface area contributed by atoms with Crippen molar-refractivity contribution in [2.75, 3.05) is 26.8 Å². The molecule has 3 fully saturated rings. The Hall–Kier alpha value is -0.910. The molecule has 0 unspecified atom stereocenters. The maximum Gasteiger partial charge on any atom is 0.107 e. The highest BCUT2D eigenvalue weighted by atomic mass is 16.5. The fourth-order valence-corrected chi connectivity index (χ4v) is 4.42. The third-order valence-corrected chi connectivity index (χ3v) is 6.11. The maximum atomic E-state index is 6.20. The van der Waals surface area contributed by atoms with Gasteiger partial charge in [-0.15, -0.1) is 0 Å². The number of ether oxygens (including phenoxy) is 2.